The lowest BCUT2D eigenvalue weighted by Gasteiger charge is -2.33. The molecule has 0 spiro atoms. The Bertz CT molecular complexity index is 1360. The molecule has 39 heavy (non-hydrogen) atoms. The molecule has 3 rings (SSSR count). The van der Waals surface area contributed by atoms with E-state index in [0.717, 1.165) is 21.5 Å². The largest absolute Gasteiger partial charge is 0.352 e. The second kappa shape index (κ2) is 13.4. The Morgan fingerprint density at radius 1 is 0.897 bits per heavy atom. The van der Waals surface area contributed by atoms with E-state index in [1.165, 1.54) is 35.2 Å². The van der Waals surface area contributed by atoms with Crippen LogP contribution < -0.4 is 9.62 Å². The second-order valence-electron chi connectivity index (χ2n) is 9.53. The van der Waals surface area contributed by atoms with Gasteiger partial charge >= 0.3 is 0 Å². The van der Waals surface area contributed by atoms with Crippen LogP contribution in [0.5, 0.6) is 0 Å². The fourth-order valence-corrected chi connectivity index (χ4v) is 5.57. The van der Waals surface area contributed by atoms with Crippen molar-refractivity contribution in [2.75, 3.05) is 10.8 Å². The van der Waals surface area contributed by atoms with Crippen LogP contribution in [-0.2, 0) is 26.2 Å². The van der Waals surface area contributed by atoms with E-state index in [1.54, 1.807) is 19.1 Å². The topological polar surface area (TPSA) is 86.8 Å². The van der Waals surface area contributed by atoms with Gasteiger partial charge in [0, 0.05) is 12.6 Å². The van der Waals surface area contributed by atoms with Gasteiger partial charge in [-0.2, -0.15) is 0 Å². The van der Waals surface area contributed by atoms with Crippen LogP contribution in [0.1, 0.15) is 44.7 Å². The molecular weight excluding hydrogens is 517 g/mol. The molecule has 0 heterocycles. The van der Waals surface area contributed by atoms with Crippen LogP contribution in [0.2, 0.25) is 0 Å². The Hall–Kier alpha value is -3.72. The minimum Gasteiger partial charge on any atom is -0.352 e. The number of benzene rings is 3. The number of halogens is 1. The van der Waals surface area contributed by atoms with Crippen LogP contribution >= 0.6 is 0 Å². The number of para-hydroxylation sites is 1. The average molecular weight is 554 g/mol. The summed E-state index contributed by atoms with van der Waals surface area (Å²) >= 11 is 0. The lowest BCUT2D eigenvalue weighted by Crippen LogP contribution is -2.53. The van der Waals surface area contributed by atoms with Gasteiger partial charge in [-0.25, -0.2) is 12.8 Å². The van der Waals surface area contributed by atoms with E-state index in [1.807, 2.05) is 51.1 Å². The van der Waals surface area contributed by atoms with Crippen LogP contribution in [-0.4, -0.2) is 43.8 Å². The SMILES string of the molecule is CCC(C)NC(=O)C(CC)N(Cc1ccccc1)C(=O)CN(c1ccccc1F)S(=O)(=O)c1ccc(C)cc1. The number of sulfonamides is 1. The number of anilines is 1. The van der Waals surface area contributed by atoms with E-state index >= 15 is 0 Å². The maximum atomic E-state index is 15.0. The fourth-order valence-electron chi connectivity index (χ4n) is 4.15. The summed E-state index contributed by atoms with van der Waals surface area (Å²) in [5.41, 5.74) is 1.39. The molecule has 0 aliphatic carbocycles. The van der Waals surface area contributed by atoms with Gasteiger partial charge in [-0.15, -0.1) is 0 Å². The van der Waals surface area contributed by atoms with Crippen molar-refractivity contribution in [2.45, 2.75) is 64.1 Å². The van der Waals surface area contributed by atoms with Gasteiger partial charge in [-0.3, -0.25) is 13.9 Å². The lowest BCUT2D eigenvalue weighted by molar-refractivity contribution is -0.140. The Morgan fingerprint density at radius 2 is 1.51 bits per heavy atom. The van der Waals surface area contributed by atoms with Crippen molar-refractivity contribution in [2.24, 2.45) is 0 Å². The van der Waals surface area contributed by atoms with Gasteiger partial charge in [-0.1, -0.05) is 74.0 Å². The van der Waals surface area contributed by atoms with Gasteiger partial charge in [0.05, 0.1) is 10.6 Å². The molecule has 2 amide bonds. The highest BCUT2D eigenvalue weighted by atomic mass is 32.2. The highest BCUT2D eigenvalue weighted by Gasteiger charge is 2.34. The summed E-state index contributed by atoms with van der Waals surface area (Å²) < 4.78 is 43.3. The van der Waals surface area contributed by atoms with Crippen LogP contribution in [0.3, 0.4) is 0 Å². The third-order valence-corrected chi connectivity index (χ3v) is 8.37. The third-order valence-electron chi connectivity index (χ3n) is 6.59. The van der Waals surface area contributed by atoms with Gasteiger partial charge in [-0.05, 0) is 56.5 Å². The van der Waals surface area contributed by atoms with E-state index < -0.39 is 34.3 Å². The predicted molar refractivity (Wildman–Crippen MR) is 151 cm³/mol. The first-order valence-electron chi connectivity index (χ1n) is 13.1. The standard InChI is InChI=1S/C30H36FN3O4S/c1-5-23(4)32-30(36)27(6-2)33(20-24-12-8-7-9-13-24)29(35)21-34(28-15-11-10-14-26(28)31)39(37,38)25-18-16-22(3)17-19-25/h7-19,23,27H,5-6,20-21H2,1-4H3,(H,32,36). The summed E-state index contributed by atoms with van der Waals surface area (Å²) in [7, 11) is -4.33. The molecule has 2 unspecified atom stereocenters. The van der Waals surface area contributed by atoms with Crippen LogP contribution in [0.15, 0.2) is 83.8 Å². The van der Waals surface area contributed by atoms with Gasteiger partial charge in [0.25, 0.3) is 10.0 Å². The highest BCUT2D eigenvalue weighted by molar-refractivity contribution is 7.92. The summed E-state index contributed by atoms with van der Waals surface area (Å²) in [5.74, 6) is -1.73. The van der Waals surface area contributed by atoms with Crippen LogP contribution in [0.4, 0.5) is 10.1 Å². The highest BCUT2D eigenvalue weighted by Crippen LogP contribution is 2.27. The molecule has 0 saturated carbocycles. The third kappa shape index (κ3) is 7.44. The number of nitrogens with one attached hydrogen (secondary N) is 1. The van der Waals surface area contributed by atoms with Crippen molar-refractivity contribution in [1.82, 2.24) is 10.2 Å². The number of hydrogen-bond acceptors (Lipinski definition) is 4. The van der Waals surface area contributed by atoms with E-state index in [9.17, 15) is 22.4 Å². The molecule has 2 atom stereocenters. The number of aryl methyl sites for hydroxylation is 1. The average Bonchev–Trinajstić information content (AvgIpc) is 2.92. The first-order valence-corrected chi connectivity index (χ1v) is 14.5. The number of amides is 2. The van der Waals surface area contributed by atoms with Gasteiger partial charge in [0.1, 0.15) is 18.4 Å². The zero-order valence-corrected chi connectivity index (χ0v) is 23.6. The van der Waals surface area contributed by atoms with Gasteiger partial charge in [0.2, 0.25) is 11.8 Å². The van der Waals surface area contributed by atoms with E-state index in [2.05, 4.69) is 5.32 Å². The van der Waals surface area contributed by atoms with E-state index in [-0.39, 0.29) is 29.1 Å². The Kier molecular flexibility index (Phi) is 10.2. The predicted octanol–water partition coefficient (Wildman–Crippen LogP) is 5.05. The lowest BCUT2D eigenvalue weighted by atomic mass is 10.1. The molecule has 0 radical (unpaired) electrons. The molecule has 0 saturated heterocycles. The maximum absolute atomic E-state index is 15.0. The molecule has 3 aromatic carbocycles. The molecular formula is C30H36FN3O4S. The molecule has 3 aromatic rings. The zero-order valence-electron chi connectivity index (χ0n) is 22.8. The molecule has 0 fully saturated rings. The van der Waals surface area contributed by atoms with Crippen molar-refractivity contribution in [3.05, 3.63) is 95.8 Å². The van der Waals surface area contributed by atoms with Crippen LogP contribution in [0.25, 0.3) is 0 Å². The number of rotatable bonds is 12. The summed E-state index contributed by atoms with van der Waals surface area (Å²) in [4.78, 5) is 28.5. The molecule has 0 bridgehead atoms. The Labute approximate surface area is 230 Å². The molecule has 9 heteroatoms. The monoisotopic (exact) mass is 553 g/mol. The van der Waals surface area contributed by atoms with Crippen molar-refractivity contribution in [3.63, 3.8) is 0 Å². The van der Waals surface area contributed by atoms with Crippen molar-refractivity contribution >= 4 is 27.5 Å². The number of hydrogen-bond donors (Lipinski definition) is 1. The number of carbonyl (C=O) groups excluding carboxylic acids is 2. The summed E-state index contributed by atoms with van der Waals surface area (Å²) in [5, 5.41) is 2.93. The second-order valence-corrected chi connectivity index (χ2v) is 11.4. The van der Waals surface area contributed by atoms with E-state index in [4.69, 9.17) is 0 Å². The van der Waals surface area contributed by atoms with Crippen molar-refractivity contribution < 1.29 is 22.4 Å². The first kappa shape index (κ1) is 29.8. The number of carbonyl (C=O) groups is 2. The summed E-state index contributed by atoms with van der Waals surface area (Å²) in [6, 6.07) is 19.8. The smallest absolute Gasteiger partial charge is 0.264 e. The normalized spacial score (nSPS) is 12.8. The quantitative estimate of drug-likeness (QED) is 0.340. The van der Waals surface area contributed by atoms with Crippen molar-refractivity contribution in [3.8, 4) is 0 Å². The molecule has 0 aliphatic heterocycles. The molecule has 0 aliphatic rings. The minimum absolute atomic E-state index is 0.0692. The maximum Gasteiger partial charge on any atom is 0.264 e. The first-order chi connectivity index (χ1) is 18.6. The fraction of sp³-hybridized carbons (Fsp3) is 0.333. The van der Waals surface area contributed by atoms with Crippen LogP contribution in [0, 0.1) is 12.7 Å². The Balaban J connectivity index is 2.05. The molecule has 0 aromatic heterocycles. The minimum atomic E-state index is -4.33. The molecule has 7 nitrogen and oxygen atoms in total. The zero-order chi connectivity index (χ0) is 28.6. The Morgan fingerprint density at radius 3 is 2.10 bits per heavy atom. The van der Waals surface area contributed by atoms with Crippen molar-refractivity contribution in [1.29, 1.82) is 0 Å². The van der Waals surface area contributed by atoms with Gasteiger partial charge < -0.3 is 10.2 Å². The van der Waals surface area contributed by atoms with E-state index in [0.29, 0.717) is 12.8 Å². The summed E-state index contributed by atoms with van der Waals surface area (Å²) in [6.45, 7) is 6.84. The molecule has 1 N–H and O–H groups in total. The number of nitrogens with zero attached hydrogens (tertiary/aromatic N) is 2. The van der Waals surface area contributed by atoms with Gasteiger partial charge in [0.15, 0.2) is 0 Å². The summed E-state index contributed by atoms with van der Waals surface area (Å²) in [6.07, 6.45) is 1.02. The molecule has 208 valence electrons.